The zero-order valence-corrected chi connectivity index (χ0v) is 8.94. The van der Waals surface area contributed by atoms with E-state index in [4.69, 9.17) is 11.0 Å². The Kier molecular flexibility index (Phi) is 2.71. The van der Waals surface area contributed by atoms with Crippen LogP contribution in [0.1, 0.15) is 11.1 Å². The molecule has 0 amide bonds. The van der Waals surface area contributed by atoms with E-state index in [1.165, 1.54) is 18.2 Å². The van der Waals surface area contributed by atoms with Gasteiger partial charge in [-0.15, -0.1) is 0 Å². The van der Waals surface area contributed by atoms with Crippen LogP contribution in [-0.2, 0) is 6.18 Å². The Labute approximate surface area is 100 Å². The summed E-state index contributed by atoms with van der Waals surface area (Å²) in [6.07, 6.45) is -2.84. The van der Waals surface area contributed by atoms with Crippen molar-refractivity contribution >= 4 is 5.69 Å². The Morgan fingerprint density at radius 1 is 1.33 bits per heavy atom. The van der Waals surface area contributed by atoms with E-state index in [1.807, 2.05) is 6.07 Å². The molecule has 92 valence electrons. The van der Waals surface area contributed by atoms with E-state index < -0.39 is 11.7 Å². The highest BCUT2D eigenvalue weighted by Crippen LogP contribution is 2.29. The lowest BCUT2D eigenvalue weighted by Gasteiger charge is -2.04. The van der Waals surface area contributed by atoms with Crippen LogP contribution in [0.4, 0.5) is 18.9 Å². The Morgan fingerprint density at radius 3 is 2.56 bits per heavy atom. The average molecular weight is 252 g/mol. The smallest absolute Gasteiger partial charge is 0.398 e. The Bertz CT molecular complexity index is 622. The zero-order valence-electron chi connectivity index (χ0n) is 8.94. The molecule has 0 aliphatic heterocycles. The maximum atomic E-state index is 12.4. The first kappa shape index (κ1) is 12.0. The predicted octanol–water partition coefficient (Wildman–Crippen LogP) is 2.34. The molecule has 4 nitrogen and oxygen atoms in total. The molecule has 0 unspecified atom stereocenters. The van der Waals surface area contributed by atoms with Crippen LogP contribution < -0.4 is 5.73 Å². The van der Waals surface area contributed by atoms with Gasteiger partial charge < -0.3 is 5.73 Å². The Hall–Kier alpha value is -2.49. The lowest BCUT2D eigenvalue weighted by Crippen LogP contribution is -2.03. The number of rotatable bonds is 1. The number of nitrogens with two attached hydrogens (primary N) is 1. The number of hydrogen-bond donors (Lipinski definition) is 1. The van der Waals surface area contributed by atoms with E-state index in [0.29, 0.717) is 5.69 Å². The van der Waals surface area contributed by atoms with Crippen molar-refractivity contribution < 1.29 is 13.2 Å². The summed E-state index contributed by atoms with van der Waals surface area (Å²) >= 11 is 0. The summed E-state index contributed by atoms with van der Waals surface area (Å²) in [5.41, 5.74) is 5.56. The first-order valence-corrected chi connectivity index (χ1v) is 4.83. The van der Waals surface area contributed by atoms with Crippen LogP contribution >= 0.6 is 0 Å². The van der Waals surface area contributed by atoms with Crippen LogP contribution in [0, 0.1) is 11.3 Å². The van der Waals surface area contributed by atoms with Gasteiger partial charge in [-0.3, -0.25) is 0 Å². The quantitative estimate of drug-likeness (QED) is 0.792. The molecule has 0 aliphatic carbocycles. The summed E-state index contributed by atoms with van der Waals surface area (Å²) < 4.78 is 38.2. The number of aromatic nitrogens is 2. The van der Waals surface area contributed by atoms with Crippen molar-refractivity contribution in [3.63, 3.8) is 0 Å². The van der Waals surface area contributed by atoms with E-state index in [9.17, 15) is 13.2 Å². The minimum absolute atomic E-state index is 0.194. The van der Waals surface area contributed by atoms with Crippen LogP contribution in [0.3, 0.4) is 0 Å². The third-order valence-corrected chi connectivity index (χ3v) is 2.33. The molecular weight excluding hydrogens is 245 g/mol. The van der Waals surface area contributed by atoms with Crippen LogP contribution in [0.2, 0.25) is 0 Å². The molecule has 2 N–H and O–H groups in total. The maximum Gasteiger partial charge on any atom is 0.419 e. The molecule has 0 atom stereocenters. The number of hydrogen-bond acceptors (Lipinski definition) is 3. The summed E-state index contributed by atoms with van der Waals surface area (Å²) in [5.74, 6) is 0. The predicted molar refractivity (Wildman–Crippen MR) is 57.7 cm³/mol. The highest BCUT2D eigenvalue weighted by atomic mass is 19.4. The first-order chi connectivity index (χ1) is 8.41. The van der Waals surface area contributed by atoms with Gasteiger partial charge in [-0.25, -0.2) is 4.68 Å². The summed E-state index contributed by atoms with van der Waals surface area (Å²) in [7, 11) is 0. The monoisotopic (exact) mass is 252 g/mol. The van der Waals surface area contributed by atoms with Crippen molar-refractivity contribution in [1.29, 1.82) is 5.26 Å². The van der Waals surface area contributed by atoms with Gasteiger partial charge in [0.15, 0.2) is 0 Å². The molecule has 1 aromatic heterocycles. The van der Waals surface area contributed by atoms with Crippen molar-refractivity contribution in [3.05, 3.63) is 41.7 Å². The van der Waals surface area contributed by atoms with E-state index in [-0.39, 0.29) is 11.3 Å². The maximum absolute atomic E-state index is 12.4. The number of benzene rings is 1. The standard InChI is InChI=1S/C11H7F3N4/c12-11(13,14)8-5-17-18(6-8)9-2-1-7(4-15)10(16)3-9/h1-3,5-6H,16H2. The molecule has 0 radical (unpaired) electrons. The van der Waals surface area contributed by atoms with E-state index >= 15 is 0 Å². The molecular formula is C11H7F3N4. The summed E-state index contributed by atoms with van der Waals surface area (Å²) in [4.78, 5) is 0. The second-order valence-corrected chi connectivity index (χ2v) is 3.55. The Morgan fingerprint density at radius 2 is 2.06 bits per heavy atom. The second kappa shape index (κ2) is 4.07. The van der Waals surface area contributed by atoms with E-state index in [2.05, 4.69) is 5.10 Å². The van der Waals surface area contributed by atoms with Crippen molar-refractivity contribution in [2.75, 3.05) is 5.73 Å². The molecule has 0 saturated carbocycles. The summed E-state index contributed by atoms with van der Waals surface area (Å²) in [5, 5.41) is 12.3. The first-order valence-electron chi connectivity index (χ1n) is 4.83. The lowest BCUT2D eigenvalue weighted by molar-refractivity contribution is -0.137. The summed E-state index contributed by atoms with van der Waals surface area (Å²) in [6.45, 7) is 0. The molecule has 18 heavy (non-hydrogen) atoms. The second-order valence-electron chi connectivity index (χ2n) is 3.55. The molecule has 2 rings (SSSR count). The number of alkyl halides is 3. The molecule has 7 heteroatoms. The number of halogens is 3. The van der Waals surface area contributed by atoms with Crippen molar-refractivity contribution in [3.8, 4) is 11.8 Å². The van der Waals surface area contributed by atoms with Gasteiger partial charge in [0.1, 0.15) is 6.07 Å². The minimum atomic E-state index is -4.43. The number of nitriles is 1. The fraction of sp³-hybridized carbons (Fsp3) is 0.0909. The highest BCUT2D eigenvalue weighted by molar-refractivity contribution is 5.58. The average Bonchev–Trinajstić information content (AvgIpc) is 2.77. The SMILES string of the molecule is N#Cc1ccc(-n2cc(C(F)(F)F)cn2)cc1N. The molecule has 2 aromatic rings. The number of anilines is 1. The molecule has 0 fully saturated rings. The van der Waals surface area contributed by atoms with Crippen LogP contribution in [0.5, 0.6) is 0 Å². The van der Waals surface area contributed by atoms with Gasteiger partial charge in [-0.1, -0.05) is 0 Å². The lowest BCUT2D eigenvalue weighted by atomic mass is 10.2. The van der Waals surface area contributed by atoms with Crippen LogP contribution in [-0.4, -0.2) is 9.78 Å². The van der Waals surface area contributed by atoms with Crippen molar-refractivity contribution in [2.45, 2.75) is 6.18 Å². The molecule has 0 aliphatic rings. The largest absolute Gasteiger partial charge is 0.419 e. The number of nitrogen functional groups attached to an aromatic ring is 1. The molecule has 1 heterocycles. The number of nitrogens with zero attached hydrogens (tertiary/aromatic N) is 3. The molecule has 0 saturated heterocycles. The van der Waals surface area contributed by atoms with Gasteiger partial charge in [0.25, 0.3) is 0 Å². The molecule has 0 spiro atoms. The zero-order chi connectivity index (χ0) is 13.3. The van der Waals surface area contributed by atoms with E-state index in [0.717, 1.165) is 17.1 Å². The molecule has 0 bridgehead atoms. The van der Waals surface area contributed by atoms with Gasteiger partial charge in [-0.2, -0.15) is 23.5 Å². The third-order valence-electron chi connectivity index (χ3n) is 2.33. The van der Waals surface area contributed by atoms with Crippen molar-refractivity contribution in [1.82, 2.24) is 9.78 Å². The highest BCUT2D eigenvalue weighted by Gasteiger charge is 2.32. The Balaban J connectivity index is 2.41. The normalized spacial score (nSPS) is 11.2. The molecule has 1 aromatic carbocycles. The topological polar surface area (TPSA) is 67.6 Å². The fourth-order valence-electron chi connectivity index (χ4n) is 1.40. The van der Waals surface area contributed by atoms with Gasteiger partial charge in [0.2, 0.25) is 0 Å². The van der Waals surface area contributed by atoms with E-state index in [1.54, 1.807) is 0 Å². The van der Waals surface area contributed by atoms with Crippen molar-refractivity contribution in [2.24, 2.45) is 0 Å². The van der Waals surface area contributed by atoms with Gasteiger partial charge >= 0.3 is 6.18 Å². The summed E-state index contributed by atoms with van der Waals surface area (Å²) in [6, 6.07) is 6.17. The minimum Gasteiger partial charge on any atom is -0.398 e. The third kappa shape index (κ3) is 2.13. The van der Waals surface area contributed by atoms with Gasteiger partial charge in [-0.05, 0) is 18.2 Å². The van der Waals surface area contributed by atoms with Crippen LogP contribution in [0.25, 0.3) is 5.69 Å². The fourth-order valence-corrected chi connectivity index (χ4v) is 1.40. The van der Waals surface area contributed by atoms with Gasteiger partial charge in [0, 0.05) is 6.20 Å². The van der Waals surface area contributed by atoms with Crippen LogP contribution in [0.15, 0.2) is 30.6 Å². The van der Waals surface area contributed by atoms with Gasteiger partial charge in [0.05, 0.1) is 28.7 Å².